The monoisotopic (exact) mass is 385 g/mol. The van der Waals surface area contributed by atoms with E-state index in [1.165, 1.54) is 22.2 Å². The molecule has 3 rings (SSSR count). The maximum Gasteiger partial charge on any atom is 0.240 e. The lowest BCUT2D eigenvalue weighted by molar-refractivity contribution is -0.130. The second-order valence-corrected chi connectivity index (χ2v) is 8.36. The lowest BCUT2D eigenvalue weighted by Gasteiger charge is -2.25. The van der Waals surface area contributed by atoms with Gasteiger partial charge in [-0.25, -0.2) is 9.97 Å². The van der Waals surface area contributed by atoms with Crippen LogP contribution in [0.25, 0.3) is 10.2 Å². The molecule has 3 aromatic rings. The summed E-state index contributed by atoms with van der Waals surface area (Å²) in [6.45, 7) is 9.65. The number of benzene rings is 1. The van der Waals surface area contributed by atoms with Crippen LogP contribution in [0.2, 0.25) is 0 Å². The molecule has 0 saturated carbocycles. The molecule has 0 bridgehead atoms. The van der Waals surface area contributed by atoms with Crippen molar-refractivity contribution < 1.29 is 4.79 Å². The molecule has 2 heterocycles. The van der Waals surface area contributed by atoms with Crippen LogP contribution in [0.1, 0.15) is 35.1 Å². The molecule has 0 spiro atoms. The van der Waals surface area contributed by atoms with E-state index in [2.05, 4.69) is 23.8 Å². The summed E-state index contributed by atoms with van der Waals surface area (Å²) in [5.74, 6) is 0.127. The molecule has 0 aliphatic heterocycles. The molecule has 0 radical (unpaired) electrons. The molecule has 1 aromatic carbocycles. The summed E-state index contributed by atoms with van der Waals surface area (Å²) in [5.41, 5.74) is 2.21. The van der Waals surface area contributed by atoms with Gasteiger partial charge in [-0.15, -0.1) is 11.3 Å². The third-order valence-electron chi connectivity index (χ3n) is 4.56. The smallest absolute Gasteiger partial charge is 0.240 e. The Morgan fingerprint density at radius 2 is 1.85 bits per heavy atom. The number of likely N-dealkylation sites (N-methyl/N-ethyl adjacent to an activating group) is 1. The van der Waals surface area contributed by atoms with Crippen LogP contribution in [0, 0.1) is 13.8 Å². The average molecular weight is 386 g/mol. The Hall–Kier alpha value is -1.92. The number of aryl methyl sites for hydroxylation is 2. The molecule has 0 N–H and O–H groups in total. The fourth-order valence-electron chi connectivity index (χ4n) is 2.94. The zero-order valence-electron chi connectivity index (χ0n) is 15.5. The fourth-order valence-corrected chi connectivity index (χ4v) is 5.24. The van der Waals surface area contributed by atoms with Gasteiger partial charge < -0.3 is 4.90 Å². The SMILES string of the molecule is CCN(CC)C(=O)[C@@H](Sc1ncnc2sc(C)c(C)c12)c1ccccc1. The molecule has 6 heteroatoms. The van der Waals surface area contributed by atoms with Gasteiger partial charge in [-0.05, 0) is 38.8 Å². The van der Waals surface area contributed by atoms with Gasteiger partial charge in [0.2, 0.25) is 5.91 Å². The Balaban J connectivity index is 2.05. The minimum Gasteiger partial charge on any atom is -0.342 e. The standard InChI is InChI=1S/C20H23N3OS2/c1-5-23(6-2)20(24)17(15-10-8-7-9-11-15)26-19-16-13(3)14(4)25-18(16)21-12-22-19/h7-12,17H,5-6H2,1-4H3/t17-/m0/s1. The van der Waals surface area contributed by atoms with E-state index in [0.29, 0.717) is 13.1 Å². The van der Waals surface area contributed by atoms with Crippen molar-refractivity contribution >= 4 is 39.2 Å². The van der Waals surface area contributed by atoms with Crippen LogP contribution >= 0.6 is 23.1 Å². The summed E-state index contributed by atoms with van der Waals surface area (Å²) in [6, 6.07) is 9.97. The van der Waals surface area contributed by atoms with E-state index >= 15 is 0 Å². The van der Waals surface area contributed by atoms with Crippen molar-refractivity contribution in [2.24, 2.45) is 0 Å². The van der Waals surface area contributed by atoms with E-state index in [1.807, 2.05) is 49.1 Å². The molecular formula is C20H23N3OS2. The first-order valence-corrected chi connectivity index (χ1v) is 10.5. The van der Waals surface area contributed by atoms with Gasteiger partial charge in [0, 0.05) is 23.4 Å². The highest BCUT2D eigenvalue weighted by Crippen LogP contribution is 2.41. The van der Waals surface area contributed by atoms with Crippen molar-refractivity contribution in [3.63, 3.8) is 0 Å². The van der Waals surface area contributed by atoms with Crippen molar-refractivity contribution in [3.05, 3.63) is 52.7 Å². The van der Waals surface area contributed by atoms with Gasteiger partial charge >= 0.3 is 0 Å². The number of thiophene rings is 1. The second kappa shape index (κ2) is 8.18. The van der Waals surface area contributed by atoms with Crippen molar-refractivity contribution in [1.29, 1.82) is 0 Å². The van der Waals surface area contributed by atoms with Crippen LogP contribution in [0.5, 0.6) is 0 Å². The highest BCUT2D eigenvalue weighted by atomic mass is 32.2. The Morgan fingerprint density at radius 3 is 2.50 bits per heavy atom. The van der Waals surface area contributed by atoms with Crippen LogP contribution in [0.4, 0.5) is 0 Å². The Kier molecular flexibility index (Phi) is 5.94. The topological polar surface area (TPSA) is 46.1 Å². The van der Waals surface area contributed by atoms with Crippen molar-refractivity contribution in [2.75, 3.05) is 13.1 Å². The van der Waals surface area contributed by atoms with Gasteiger partial charge in [0.1, 0.15) is 21.4 Å². The third-order valence-corrected chi connectivity index (χ3v) is 6.92. The summed E-state index contributed by atoms with van der Waals surface area (Å²) < 4.78 is 0. The first kappa shape index (κ1) is 18.9. The average Bonchev–Trinajstić information content (AvgIpc) is 2.96. The molecule has 136 valence electrons. The number of nitrogens with zero attached hydrogens (tertiary/aromatic N) is 3. The van der Waals surface area contributed by atoms with Gasteiger partial charge in [0.05, 0.1) is 0 Å². The van der Waals surface area contributed by atoms with Crippen molar-refractivity contribution in [1.82, 2.24) is 14.9 Å². The van der Waals surface area contributed by atoms with Crippen LogP contribution < -0.4 is 0 Å². The number of rotatable bonds is 6. The number of aromatic nitrogens is 2. The highest BCUT2D eigenvalue weighted by molar-refractivity contribution is 8.00. The summed E-state index contributed by atoms with van der Waals surface area (Å²) in [4.78, 5) is 26.3. The minimum atomic E-state index is -0.311. The predicted octanol–water partition coefficient (Wildman–Crippen LogP) is 5.01. The second-order valence-electron chi connectivity index (χ2n) is 6.06. The summed E-state index contributed by atoms with van der Waals surface area (Å²) in [7, 11) is 0. The van der Waals surface area contributed by atoms with Crippen LogP contribution in [0.3, 0.4) is 0 Å². The molecule has 0 unspecified atom stereocenters. The van der Waals surface area contributed by atoms with Gasteiger partial charge in [0.15, 0.2) is 0 Å². The molecule has 0 aliphatic rings. The number of carbonyl (C=O) groups is 1. The number of thioether (sulfide) groups is 1. The molecule has 0 fully saturated rings. The highest BCUT2D eigenvalue weighted by Gasteiger charge is 2.27. The molecule has 4 nitrogen and oxygen atoms in total. The Bertz CT molecular complexity index is 904. The number of hydrogen-bond acceptors (Lipinski definition) is 5. The van der Waals surface area contributed by atoms with Crippen LogP contribution in [-0.4, -0.2) is 33.9 Å². The van der Waals surface area contributed by atoms with E-state index in [1.54, 1.807) is 17.7 Å². The summed E-state index contributed by atoms with van der Waals surface area (Å²) >= 11 is 3.21. The fraction of sp³-hybridized carbons (Fsp3) is 0.350. The zero-order valence-corrected chi connectivity index (χ0v) is 17.2. The van der Waals surface area contributed by atoms with Gasteiger partial charge in [-0.2, -0.15) is 0 Å². The maximum atomic E-state index is 13.2. The van der Waals surface area contributed by atoms with Gasteiger partial charge in [-0.3, -0.25) is 4.79 Å². The molecule has 2 aromatic heterocycles. The Morgan fingerprint density at radius 1 is 1.15 bits per heavy atom. The van der Waals surface area contributed by atoms with Gasteiger partial charge in [-0.1, -0.05) is 42.1 Å². The molecule has 0 aliphatic carbocycles. The minimum absolute atomic E-state index is 0.127. The normalized spacial score (nSPS) is 12.3. The molecular weight excluding hydrogens is 362 g/mol. The zero-order chi connectivity index (χ0) is 18.7. The van der Waals surface area contributed by atoms with E-state index in [0.717, 1.165) is 20.8 Å². The number of amides is 1. The third kappa shape index (κ3) is 3.62. The number of carbonyl (C=O) groups excluding carboxylic acids is 1. The summed E-state index contributed by atoms with van der Waals surface area (Å²) in [6.07, 6.45) is 1.60. The first-order chi connectivity index (χ1) is 12.6. The van der Waals surface area contributed by atoms with E-state index in [9.17, 15) is 4.79 Å². The lowest BCUT2D eigenvalue weighted by atomic mass is 10.1. The largest absolute Gasteiger partial charge is 0.342 e. The predicted molar refractivity (Wildman–Crippen MR) is 110 cm³/mol. The van der Waals surface area contributed by atoms with E-state index < -0.39 is 0 Å². The van der Waals surface area contributed by atoms with Crippen molar-refractivity contribution in [2.45, 2.75) is 38.0 Å². The molecule has 1 atom stereocenters. The Labute approximate surface area is 162 Å². The number of fused-ring (bicyclic) bond motifs is 1. The maximum absolute atomic E-state index is 13.2. The first-order valence-electron chi connectivity index (χ1n) is 8.77. The van der Waals surface area contributed by atoms with Crippen LogP contribution in [0.15, 0.2) is 41.7 Å². The van der Waals surface area contributed by atoms with Crippen molar-refractivity contribution in [3.8, 4) is 0 Å². The van der Waals surface area contributed by atoms with Crippen LogP contribution in [-0.2, 0) is 4.79 Å². The molecule has 26 heavy (non-hydrogen) atoms. The van der Waals surface area contributed by atoms with E-state index in [4.69, 9.17) is 0 Å². The van der Waals surface area contributed by atoms with E-state index in [-0.39, 0.29) is 11.2 Å². The molecule has 0 saturated heterocycles. The summed E-state index contributed by atoms with van der Waals surface area (Å²) in [5, 5.41) is 1.65. The van der Waals surface area contributed by atoms with Gasteiger partial charge in [0.25, 0.3) is 0 Å². The lowest BCUT2D eigenvalue weighted by Crippen LogP contribution is -2.33. The molecule has 1 amide bonds. The number of hydrogen-bond donors (Lipinski definition) is 0. The quantitative estimate of drug-likeness (QED) is 0.442.